The van der Waals surface area contributed by atoms with Crippen LogP contribution in [-0.4, -0.2) is 16.2 Å². The van der Waals surface area contributed by atoms with Gasteiger partial charge in [0.25, 0.3) is 0 Å². The lowest BCUT2D eigenvalue weighted by Crippen LogP contribution is -2.22. The fraction of sp³-hybridized carbons (Fsp3) is 0.273. The SMILES string of the molecule is CC(C)(C)SCC1=CC=CC1P(c1ccccc1)c1ccccc1. The van der Waals surface area contributed by atoms with Crippen LogP contribution < -0.4 is 10.6 Å². The first-order chi connectivity index (χ1) is 11.5. The summed E-state index contributed by atoms with van der Waals surface area (Å²) in [5.74, 6) is 1.11. The highest BCUT2D eigenvalue weighted by Gasteiger charge is 2.28. The fourth-order valence-electron chi connectivity index (χ4n) is 2.84. The number of hydrogen-bond donors (Lipinski definition) is 0. The standard InChI is InChI=1S/C22H25PS/c1-22(2,3)24-17-18-11-10-16-21(18)23(19-12-6-4-7-13-19)20-14-8-5-9-15-20/h4-16,21H,17H2,1-3H3. The van der Waals surface area contributed by atoms with Crippen molar-refractivity contribution in [1.82, 2.24) is 0 Å². The molecule has 1 atom stereocenters. The second-order valence-corrected chi connectivity index (χ2v) is 11.1. The van der Waals surface area contributed by atoms with Crippen molar-refractivity contribution in [1.29, 1.82) is 0 Å². The maximum atomic E-state index is 2.41. The molecule has 2 heteroatoms. The summed E-state index contributed by atoms with van der Waals surface area (Å²) in [6.45, 7) is 6.90. The van der Waals surface area contributed by atoms with Gasteiger partial charge in [0.15, 0.2) is 0 Å². The Morgan fingerprint density at radius 2 is 1.42 bits per heavy atom. The van der Waals surface area contributed by atoms with Crippen molar-refractivity contribution in [2.75, 3.05) is 5.75 Å². The Kier molecular flexibility index (Phi) is 5.64. The minimum Gasteiger partial charge on any atom is -0.152 e. The van der Waals surface area contributed by atoms with Crippen LogP contribution in [0, 0.1) is 0 Å². The van der Waals surface area contributed by atoms with Crippen molar-refractivity contribution >= 4 is 30.3 Å². The highest BCUT2D eigenvalue weighted by Crippen LogP contribution is 2.46. The van der Waals surface area contributed by atoms with Crippen molar-refractivity contribution in [3.63, 3.8) is 0 Å². The van der Waals surface area contributed by atoms with Gasteiger partial charge in [-0.2, -0.15) is 11.8 Å². The van der Waals surface area contributed by atoms with Gasteiger partial charge in [-0.05, 0) is 24.1 Å². The van der Waals surface area contributed by atoms with E-state index in [9.17, 15) is 0 Å². The molecule has 2 aromatic rings. The van der Waals surface area contributed by atoms with E-state index in [4.69, 9.17) is 0 Å². The fourth-order valence-corrected chi connectivity index (χ4v) is 6.55. The van der Waals surface area contributed by atoms with E-state index in [0.29, 0.717) is 10.4 Å². The molecule has 0 radical (unpaired) electrons. The molecule has 1 unspecified atom stereocenters. The lowest BCUT2D eigenvalue weighted by atomic mass is 10.2. The van der Waals surface area contributed by atoms with Gasteiger partial charge in [-0.25, -0.2) is 0 Å². The summed E-state index contributed by atoms with van der Waals surface area (Å²) in [6.07, 6.45) is 7.00. The molecule has 24 heavy (non-hydrogen) atoms. The first kappa shape index (κ1) is 17.5. The zero-order valence-corrected chi connectivity index (χ0v) is 16.4. The Hall–Kier alpha value is -1.30. The van der Waals surface area contributed by atoms with Crippen molar-refractivity contribution in [2.24, 2.45) is 0 Å². The molecule has 0 nitrogen and oxygen atoms in total. The number of benzene rings is 2. The minimum absolute atomic E-state index is 0.302. The summed E-state index contributed by atoms with van der Waals surface area (Å²) in [5.41, 5.74) is 2.08. The van der Waals surface area contributed by atoms with Crippen LogP contribution >= 0.6 is 19.7 Å². The van der Waals surface area contributed by atoms with E-state index in [1.54, 1.807) is 5.57 Å². The average Bonchev–Trinajstić information content (AvgIpc) is 3.03. The molecule has 0 spiro atoms. The molecule has 2 aromatic carbocycles. The second kappa shape index (κ2) is 7.72. The zero-order valence-electron chi connectivity index (χ0n) is 14.6. The van der Waals surface area contributed by atoms with Crippen LogP contribution in [0.25, 0.3) is 0 Å². The molecule has 0 saturated heterocycles. The highest BCUT2D eigenvalue weighted by atomic mass is 32.2. The Morgan fingerprint density at radius 3 is 1.92 bits per heavy atom. The maximum absolute atomic E-state index is 2.41. The number of hydrogen-bond acceptors (Lipinski definition) is 1. The molecule has 0 aliphatic heterocycles. The third-order valence-corrected chi connectivity index (χ3v) is 8.12. The van der Waals surface area contributed by atoms with Gasteiger partial charge < -0.3 is 0 Å². The number of allylic oxidation sites excluding steroid dienone is 3. The third-order valence-electron chi connectivity index (χ3n) is 4.00. The Morgan fingerprint density at radius 1 is 0.875 bits per heavy atom. The Labute approximate surface area is 151 Å². The Bertz CT molecular complexity index is 671. The molecule has 0 amide bonds. The van der Waals surface area contributed by atoms with Crippen molar-refractivity contribution < 1.29 is 0 Å². The number of thioether (sulfide) groups is 1. The van der Waals surface area contributed by atoms with Crippen LogP contribution in [-0.2, 0) is 0 Å². The molecule has 1 aliphatic rings. The summed E-state index contributed by atoms with van der Waals surface area (Å²) in [4.78, 5) is 0. The predicted molar refractivity (Wildman–Crippen MR) is 112 cm³/mol. The molecule has 0 N–H and O–H groups in total. The molecule has 0 saturated carbocycles. The third kappa shape index (κ3) is 4.41. The zero-order chi connectivity index (χ0) is 17.0. The lowest BCUT2D eigenvalue weighted by molar-refractivity contribution is 0.804. The van der Waals surface area contributed by atoms with Gasteiger partial charge in [-0.1, -0.05) is 99.7 Å². The topological polar surface area (TPSA) is 0 Å². The molecule has 124 valence electrons. The van der Waals surface area contributed by atoms with Crippen LogP contribution in [0.15, 0.2) is 84.5 Å². The first-order valence-electron chi connectivity index (χ1n) is 8.45. The van der Waals surface area contributed by atoms with Gasteiger partial charge in [0.2, 0.25) is 0 Å². The molecule has 0 fully saturated rings. The monoisotopic (exact) mass is 352 g/mol. The van der Waals surface area contributed by atoms with Crippen molar-refractivity contribution in [3.8, 4) is 0 Å². The normalized spacial score (nSPS) is 17.3. The van der Waals surface area contributed by atoms with E-state index < -0.39 is 7.92 Å². The van der Waals surface area contributed by atoms with Crippen molar-refractivity contribution in [2.45, 2.75) is 31.2 Å². The van der Waals surface area contributed by atoms with E-state index in [2.05, 4.69) is 99.7 Å². The molecule has 0 heterocycles. The Balaban J connectivity index is 1.91. The van der Waals surface area contributed by atoms with E-state index in [-0.39, 0.29) is 0 Å². The smallest absolute Gasteiger partial charge is 0.0275 e. The van der Waals surface area contributed by atoms with Gasteiger partial charge >= 0.3 is 0 Å². The van der Waals surface area contributed by atoms with E-state index in [1.165, 1.54) is 10.6 Å². The molecule has 0 bridgehead atoms. The summed E-state index contributed by atoms with van der Waals surface area (Å²) in [5, 5.41) is 2.92. The van der Waals surface area contributed by atoms with Crippen molar-refractivity contribution in [3.05, 3.63) is 84.5 Å². The van der Waals surface area contributed by atoms with Gasteiger partial charge in [0, 0.05) is 16.2 Å². The second-order valence-electron chi connectivity index (χ2n) is 7.01. The van der Waals surface area contributed by atoms with Gasteiger partial charge in [-0.3, -0.25) is 0 Å². The molecular formula is C22H25PS. The summed E-state index contributed by atoms with van der Waals surface area (Å²) in [6, 6.07) is 22.0. The van der Waals surface area contributed by atoms with Crippen LogP contribution in [0.4, 0.5) is 0 Å². The van der Waals surface area contributed by atoms with E-state index in [0.717, 1.165) is 5.75 Å². The summed E-state index contributed by atoms with van der Waals surface area (Å²) in [7, 11) is -0.407. The van der Waals surface area contributed by atoms with Crippen LogP contribution in [0.2, 0.25) is 0 Å². The first-order valence-corrected chi connectivity index (χ1v) is 10.8. The minimum atomic E-state index is -0.407. The molecule has 3 rings (SSSR count). The van der Waals surface area contributed by atoms with Crippen LogP contribution in [0.5, 0.6) is 0 Å². The van der Waals surface area contributed by atoms with Crippen LogP contribution in [0.3, 0.4) is 0 Å². The largest absolute Gasteiger partial charge is 0.152 e. The van der Waals surface area contributed by atoms with E-state index >= 15 is 0 Å². The molecule has 1 aliphatic carbocycles. The summed E-state index contributed by atoms with van der Waals surface area (Å²) < 4.78 is 0.302. The van der Waals surface area contributed by atoms with Gasteiger partial charge in [0.05, 0.1) is 0 Å². The maximum Gasteiger partial charge on any atom is 0.0275 e. The molecule has 0 aromatic heterocycles. The summed E-state index contributed by atoms with van der Waals surface area (Å²) >= 11 is 2.04. The number of rotatable bonds is 5. The van der Waals surface area contributed by atoms with Gasteiger partial charge in [0.1, 0.15) is 0 Å². The quantitative estimate of drug-likeness (QED) is 0.639. The van der Waals surface area contributed by atoms with E-state index in [1.807, 2.05) is 11.8 Å². The lowest BCUT2D eigenvalue weighted by Gasteiger charge is -2.28. The predicted octanol–water partition coefficient (Wildman–Crippen LogP) is 5.52. The molecular weight excluding hydrogens is 327 g/mol. The van der Waals surface area contributed by atoms with Crippen LogP contribution in [0.1, 0.15) is 20.8 Å². The van der Waals surface area contributed by atoms with Gasteiger partial charge in [-0.15, -0.1) is 0 Å². The highest BCUT2D eigenvalue weighted by molar-refractivity contribution is 8.00. The average molecular weight is 352 g/mol.